The van der Waals surface area contributed by atoms with Gasteiger partial charge < -0.3 is 10.1 Å². The molecule has 5 heteroatoms. The van der Waals surface area contributed by atoms with E-state index in [-0.39, 0.29) is 11.5 Å². The molecule has 0 radical (unpaired) electrons. The summed E-state index contributed by atoms with van der Waals surface area (Å²) in [5.41, 5.74) is 0.284. The summed E-state index contributed by atoms with van der Waals surface area (Å²) in [6.07, 6.45) is 3.01. The maximum Gasteiger partial charge on any atom is 0.251 e. The second-order valence-electron chi connectivity index (χ2n) is 3.59. The summed E-state index contributed by atoms with van der Waals surface area (Å²) in [4.78, 5) is 14.9. The van der Waals surface area contributed by atoms with Crippen molar-refractivity contribution >= 4 is 5.91 Å². The quantitative estimate of drug-likeness (QED) is 0.583. The highest BCUT2D eigenvalue weighted by Crippen LogP contribution is 1.99. The fourth-order valence-electron chi connectivity index (χ4n) is 1.27. The first-order chi connectivity index (χ1) is 8.24. The minimum atomic E-state index is -0.649. The maximum absolute atomic E-state index is 12.7. The van der Waals surface area contributed by atoms with Crippen LogP contribution in [0, 0.1) is 5.95 Å². The lowest BCUT2D eigenvalue weighted by Gasteiger charge is -2.05. The number of nitrogens with one attached hydrogen (secondary N) is 1. The third kappa shape index (κ3) is 5.40. The zero-order chi connectivity index (χ0) is 12.5. The number of ether oxygens (including phenoxy) is 1. The monoisotopic (exact) mass is 240 g/mol. The molecule has 0 bridgehead atoms. The van der Waals surface area contributed by atoms with Crippen LogP contribution in [0.5, 0.6) is 0 Å². The fourth-order valence-corrected chi connectivity index (χ4v) is 1.27. The Hall–Kier alpha value is -1.49. The Labute approximate surface area is 100 Å². The Morgan fingerprint density at radius 1 is 1.53 bits per heavy atom. The zero-order valence-electron chi connectivity index (χ0n) is 9.91. The van der Waals surface area contributed by atoms with Gasteiger partial charge in [0, 0.05) is 37.6 Å². The van der Waals surface area contributed by atoms with Gasteiger partial charge in [-0.1, -0.05) is 6.92 Å². The predicted octanol–water partition coefficient (Wildman–Crippen LogP) is 1.77. The average Bonchev–Trinajstić information content (AvgIpc) is 2.33. The molecular formula is C12H17FN2O2. The zero-order valence-corrected chi connectivity index (χ0v) is 9.91. The van der Waals surface area contributed by atoms with Gasteiger partial charge in [0.15, 0.2) is 0 Å². The molecule has 1 N–H and O–H groups in total. The number of hydrogen-bond donors (Lipinski definition) is 1. The molecule has 0 aliphatic heterocycles. The van der Waals surface area contributed by atoms with Crippen molar-refractivity contribution in [3.8, 4) is 0 Å². The lowest BCUT2D eigenvalue weighted by atomic mass is 10.2. The van der Waals surface area contributed by atoms with Crippen LogP contribution in [-0.4, -0.2) is 30.6 Å². The van der Waals surface area contributed by atoms with E-state index in [2.05, 4.69) is 10.3 Å². The largest absolute Gasteiger partial charge is 0.381 e. The molecule has 4 nitrogen and oxygen atoms in total. The first kappa shape index (κ1) is 13.6. The van der Waals surface area contributed by atoms with Crippen LogP contribution in [0.15, 0.2) is 18.3 Å². The smallest absolute Gasteiger partial charge is 0.251 e. The molecule has 0 fully saturated rings. The van der Waals surface area contributed by atoms with Gasteiger partial charge in [0.1, 0.15) is 0 Å². The number of hydrogen-bond acceptors (Lipinski definition) is 3. The first-order valence-electron chi connectivity index (χ1n) is 5.71. The Kier molecular flexibility index (Phi) is 6.17. The van der Waals surface area contributed by atoms with Gasteiger partial charge in [-0.3, -0.25) is 4.79 Å². The summed E-state index contributed by atoms with van der Waals surface area (Å²) in [5, 5.41) is 2.69. The van der Waals surface area contributed by atoms with Gasteiger partial charge in [0.05, 0.1) is 0 Å². The van der Waals surface area contributed by atoms with E-state index in [1.54, 1.807) is 0 Å². The van der Waals surface area contributed by atoms with Gasteiger partial charge in [0.2, 0.25) is 5.95 Å². The van der Waals surface area contributed by atoms with Crippen LogP contribution in [0.2, 0.25) is 0 Å². The minimum Gasteiger partial charge on any atom is -0.381 e. The normalized spacial score (nSPS) is 10.2. The van der Waals surface area contributed by atoms with Crippen LogP contribution in [0.3, 0.4) is 0 Å². The van der Waals surface area contributed by atoms with Crippen LogP contribution in [0.4, 0.5) is 4.39 Å². The predicted molar refractivity (Wildman–Crippen MR) is 62.3 cm³/mol. The molecule has 0 spiro atoms. The summed E-state index contributed by atoms with van der Waals surface area (Å²) in [6.45, 7) is 3.93. The van der Waals surface area contributed by atoms with Crippen LogP contribution in [-0.2, 0) is 4.74 Å². The van der Waals surface area contributed by atoms with Crippen LogP contribution >= 0.6 is 0 Å². The van der Waals surface area contributed by atoms with Crippen LogP contribution in [0.1, 0.15) is 30.1 Å². The van der Waals surface area contributed by atoms with E-state index < -0.39 is 5.95 Å². The van der Waals surface area contributed by atoms with Crippen molar-refractivity contribution < 1.29 is 13.9 Å². The average molecular weight is 240 g/mol. The van der Waals surface area contributed by atoms with E-state index in [1.807, 2.05) is 6.92 Å². The molecule has 1 aromatic heterocycles. The van der Waals surface area contributed by atoms with Crippen LogP contribution in [0.25, 0.3) is 0 Å². The highest BCUT2D eigenvalue weighted by atomic mass is 19.1. The standard InChI is InChI=1S/C12H17FN2O2/c1-2-7-17-8-3-5-15-12(16)10-4-6-14-11(13)9-10/h4,6,9H,2-3,5,7-8H2,1H3,(H,15,16). The molecule has 1 aromatic rings. The Morgan fingerprint density at radius 2 is 2.35 bits per heavy atom. The van der Waals surface area contributed by atoms with Crippen molar-refractivity contribution in [3.05, 3.63) is 29.8 Å². The second-order valence-corrected chi connectivity index (χ2v) is 3.59. The Morgan fingerprint density at radius 3 is 3.06 bits per heavy atom. The number of pyridine rings is 1. The van der Waals surface area contributed by atoms with E-state index in [1.165, 1.54) is 12.3 Å². The minimum absolute atomic E-state index is 0.284. The number of halogens is 1. The molecule has 0 unspecified atom stereocenters. The fraction of sp³-hybridized carbons (Fsp3) is 0.500. The molecular weight excluding hydrogens is 223 g/mol. The summed E-state index contributed by atoms with van der Waals surface area (Å²) in [7, 11) is 0. The molecule has 0 aromatic carbocycles. The lowest BCUT2D eigenvalue weighted by molar-refractivity contribution is 0.0940. The molecule has 0 atom stereocenters. The van der Waals surface area contributed by atoms with E-state index in [9.17, 15) is 9.18 Å². The number of carbonyl (C=O) groups excluding carboxylic acids is 1. The summed E-state index contributed by atoms with van der Waals surface area (Å²) in [5.74, 6) is -0.939. The molecule has 17 heavy (non-hydrogen) atoms. The number of amides is 1. The van der Waals surface area contributed by atoms with Crippen LogP contribution < -0.4 is 5.32 Å². The van der Waals surface area contributed by atoms with Gasteiger partial charge in [-0.25, -0.2) is 4.98 Å². The van der Waals surface area contributed by atoms with Gasteiger partial charge in [-0.15, -0.1) is 0 Å². The van der Waals surface area contributed by atoms with Crippen molar-refractivity contribution in [2.24, 2.45) is 0 Å². The number of aromatic nitrogens is 1. The summed E-state index contributed by atoms with van der Waals surface area (Å²) < 4.78 is 18.0. The molecule has 0 aliphatic rings. The number of carbonyl (C=O) groups is 1. The first-order valence-corrected chi connectivity index (χ1v) is 5.71. The van der Waals surface area contributed by atoms with Gasteiger partial charge in [-0.05, 0) is 18.9 Å². The topological polar surface area (TPSA) is 51.2 Å². The van der Waals surface area contributed by atoms with E-state index in [4.69, 9.17) is 4.74 Å². The van der Waals surface area contributed by atoms with Gasteiger partial charge in [-0.2, -0.15) is 4.39 Å². The van der Waals surface area contributed by atoms with Gasteiger partial charge in [0.25, 0.3) is 5.91 Å². The van der Waals surface area contributed by atoms with Crippen molar-refractivity contribution in [2.75, 3.05) is 19.8 Å². The third-order valence-corrected chi connectivity index (χ3v) is 2.09. The highest BCUT2D eigenvalue weighted by Gasteiger charge is 2.05. The van der Waals surface area contributed by atoms with Crippen molar-refractivity contribution in [1.82, 2.24) is 10.3 Å². The lowest BCUT2D eigenvalue weighted by Crippen LogP contribution is -2.25. The third-order valence-electron chi connectivity index (χ3n) is 2.09. The van der Waals surface area contributed by atoms with Crippen molar-refractivity contribution in [3.63, 3.8) is 0 Å². The molecule has 1 heterocycles. The number of rotatable bonds is 7. The highest BCUT2D eigenvalue weighted by molar-refractivity contribution is 5.93. The Balaban J connectivity index is 2.21. The molecule has 1 amide bonds. The molecule has 0 aliphatic carbocycles. The van der Waals surface area contributed by atoms with E-state index in [0.717, 1.165) is 25.5 Å². The second kappa shape index (κ2) is 7.73. The molecule has 94 valence electrons. The van der Waals surface area contributed by atoms with E-state index >= 15 is 0 Å². The number of nitrogens with zero attached hydrogens (tertiary/aromatic N) is 1. The van der Waals surface area contributed by atoms with Crippen molar-refractivity contribution in [2.45, 2.75) is 19.8 Å². The van der Waals surface area contributed by atoms with E-state index in [0.29, 0.717) is 13.2 Å². The van der Waals surface area contributed by atoms with Gasteiger partial charge >= 0.3 is 0 Å². The SMILES string of the molecule is CCCOCCCNC(=O)c1ccnc(F)c1. The molecule has 0 saturated heterocycles. The molecule has 0 saturated carbocycles. The Bertz CT molecular complexity index is 358. The summed E-state index contributed by atoms with van der Waals surface area (Å²) in [6, 6.07) is 2.59. The molecule has 1 rings (SSSR count). The van der Waals surface area contributed by atoms with Crippen molar-refractivity contribution in [1.29, 1.82) is 0 Å². The summed E-state index contributed by atoms with van der Waals surface area (Å²) >= 11 is 0. The maximum atomic E-state index is 12.7.